The first-order valence-electron chi connectivity index (χ1n) is 7.48. The molecule has 1 atom stereocenters. The van der Waals surface area contributed by atoms with Gasteiger partial charge >= 0.3 is 0 Å². The van der Waals surface area contributed by atoms with E-state index in [0.29, 0.717) is 5.92 Å². The summed E-state index contributed by atoms with van der Waals surface area (Å²) in [4.78, 5) is 2.26. The van der Waals surface area contributed by atoms with Crippen LogP contribution < -0.4 is 0 Å². The summed E-state index contributed by atoms with van der Waals surface area (Å²) in [5.41, 5.74) is 2.66. The monoisotopic (exact) mass is 288 g/mol. The summed E-state index contributed by atoms with van der Waals surface area (Å²) in [5, 5.41) is 0. The molecule has 0 saturated heterocycles. The molecule has 0 spiro atoms. The molecule has 0 N–H and O–H groups in total. The Labute approximate surface area is 130 Å². The quantitative estimate of drug-likeness (QED) is 0.535. The summed E-state index contributed by atoms with van der Waals surface area (Å²) in [7, 11) is 0. The molecule has 20 heavy (non-hydrogen) atoms. The minimum Gasteiger partial charge on any atom is -0.0863 e. The molecule has 0 aromatic heterocycles. The first-order valence-corrected chi connectivity index (χ1v) is 8.29. The Kier molecular flexibility index (Phi) is 10.0. The highest BCUT2D eigenvalue weighted by molar-refractivity contribution is 8.07. The maximum atomic E-state index is 4.02. The lowest BCUT2D eigenvalue weighted by atomic mass is 9.89. The van der Waals surface area contributed by atoms with Crippen LogP contribution in [0.5, 0.6) is 0 Å². The smallest absolute Gasteiger partial charge is 0.0549 e. The molecule has 0 heterocycles. The number of allylic oxidation sites excluding steroid dienone is 7. The second-order valence-corrected chi connectivity index (χ2v) is 5.85. The fraction of sp³-hybridized carbons (Fsp3) is 0.474. The van der Waals surface area contributed by atoms with E-state index in [0.717, 1.165) is 17.7 Å². The highest BCUT2D eigenvalue weighted by atomic mass is 32.2. The molecule has 1 heteroatoms. The molecule has 0 nitrogen and oxygen atoms in total. The fourth-order valence-electron chi connectivity index (χ4n) is 1.88. The normalized spacial score (nSPS) is 17.9. The predicted octanol–water partition coefficient (Wildman–Crippen LogP) is 6.49. The lowest BCUT2D eigenvalue weighted by Crippen LogP contribution is -2.02. The van der Waals surface area contributed by atoms with Gasteiger partial charge in [-0.15, -0.1) is 0 Å². The minimum absolute atomic E-state index is 0.535. The van der Waals surface area contributed by atoms with Crippen molar-refractivity contribution < 1.29 is 0 Å². The molecule has 0 amide bonds. The average Bonchev–Trinajstić information content (AvgIpc) is 2.46. The Morgan fingerprint density at radius 3 is 2.60 bits per heavy atom. The van der Waals surface area contributed by atoms with Gasteiger partial charge in [0.2, 0.25) is 0 Å². The summed E-state index contributed by atoms with van der Waals surface area (Å²) in [6, 6.07) is 0. The van der Waals surface area contributed by atoms with Crippen LogP contribution in [0.4, 0.5) is 0 Å². The van der Waals surface area contributed by atoms with Crippen molar-refractivity contribution in [3.8, 4) is 11.8 Å². The van der Waals surface area contributed by atoms with Crippen LogP contribution in [0.3, 0.4) is 0 Å². The van der Waals surface area contributed by atoms with E-state index >= 15 is 0 Å². The van der Waals surface area contributed by atoms with Crippen LogP contribution in [0.25, 0.3) is 0 Å². The predicted molar refractivity (Wildman–Crippen MR) is 95.5 cm³/mol. The van der Waals surface area contributed by atoms with Gasteiger partial charge in [-0.05, 0) is 37.5 Å². The van der Waals surface area contributed by atoms with Crippen LogP contribution in [-0.2, 0) is 0 Å². The van der Waals surface area contributed by atoms with E-state index in [-0.39, 0.29) is 0 Å². The number of hydrogen-bond acceptors (Lipinski definition) is 1. The van der Waals surface area contributed by atoms with Crippen molar-refractivity contribution >= 4 is 11.8 Å². The molecule has 0 aliphatic heterocycles. The van der Waals surface area contributed by atoms with Crippen LogP contribution in [0.2, 0.25) is 0 Å². The van der Waals surface area contributed by atoms with Crippen molar-refractivity contribution in [3.63, 3.8) is 0 Å². The highest BCUT2D eigenvalue weighted by Gasteiger charge is 2.10. The second kappa shape index (κ2) is 10.6. The molecule has 1 aliphatic carbocycles. The van der Waals surface area contributed by atoms with E-state index < -0.39 is 0 Å². The summed E-state index contributed by atoms with van der Waals surface area (Å²) in [6.07, 6.45) is 8.61. The van der Waals surface area contributed by atoms with Gasteiger partial charge < -0.3 is 0 Å². The zero-order valence-corrected chi connectivity index (χ0v) is 14.7. The SMILES string of the molecule is C=C(C#CC1=CC=C(C)CC1C)S/C(=C\C)CC.CC. The molecular weight excluding hydrogens is 260 g/mol. The van der Waals surface area contributed by atoms with Gasteiger partial charge in [0.1, 0.15) is 0 Å². The van der Waals surface area contributed by atoms with Gasteiger partial charge in [-0.2, -0.15) is 0 Å². The zero-order valence-electron chi connectivity index (χ0n) is 13.8. The fourth-order valence-corrected chi connectivity index (χ4v) is 2.56. The molecule has 0 radical (unpaired) electrons. The topological polar surface area (TPSA) is 0 Å². The van der Waals surface area contributed by atoms with Gasteiger partial charge in [0.25, 0.3) is 0 Å². The van der Waals surface area contributed by atoms with Gasteiger partial charge in [0.15, 0.2) is 0 Å². The van der Waals surface area contributed by atoms with Gasteiger partial charge in [-0.1, -0.05) is 81.7 Å². The van der Waals surface area contributed by atoms with Gasteiger partial charge in [-0.3, -0.25) is 0 Å². The molecule has 0 aromatic carbocycles. The van der Waals surface area contributed by atoms with Crippen molar-refractivity contribution in [2.45, 2.75) is 54.4 Å². The Hall–Kier alpha value is -1.13. The first-order chi connectivity index (χ1) is 9.56. The molecule has 1 unspecified atom stereocenters. The van der Waals surface area contributed by atoms with E-state index in [1.807, 2.05) is 13.8 Å². The molecule has 0 saturated carbocycles. The molecule has 0 bridgehead atoms. The van der Waals surface area contributed by atoms with Crippen LogP contribution in [-0.4, -0.2) is 0 Å². The molecule has 110 valence electrons. The summed E-state index contributed by atoms with van der Waals surface area (Å²) < 4.78 is 0. The van der Waals surface area contributed by atoms with Crippen LogP contribution in [0, 0.1) is 17.8 Å². The molecule has 0 fully saturated rings. The maximum absolute atomic E-state index is 4.02. The van der Waals surface area contributed by atoms with Crippen LogP contribution in [0.1, 0.15) is 54.4 Å². The summed E-state index contributed by atoms with van der Waals surface area (Å²) in [5.74, 6) is 6.98. The third kappa shape index (κ3) is 6.87. The minimum atomic E-state index is 0.535. The Balaban J connectivity index is 0.00000172. The van der Waals surface area contributed by atoms with Crippen LogP contribution in [0.15, 0.2) is 45.8 Å². The van der Waals surface area contributed by atoms with Gasteiger partial charge in [0.05, 0.1) is 4.91 Å². The first kappa shape index (κ1) is 18.9. The maximum Gasteiger partial charge on any atom is 0.0549 e. The molecule has 0 aromatic rings. The Morgan fingerprint density at radius 1 is 1.45 bits per heavy atom. The number of hydrogen-bond donors (Lipinski definition) is 0. The van der Waals surface area contributed by atoms with E-state index in [1.165, 1.54) is 16.1 Å². The van der Waals surface area contributed by atoms with Gasteiger partial charge in [0, 0.05) is 5.57 Å². The summed E-state index contributed by atoms with van der Waals surface area (Å²) >= 11 is 1.69. The second-order valence-electron chi connectivity index (χ2n) is 4.62. The van der Waals surface area contributed by atoms with Gasteiger partial charge in [-0.25, -0.2) is 0 Å². The lowest BCUT2D eigenvalue weighted by molar-refractivity contribution is 0.683. The van der Waals surface area contributed by atoms with Crippen LogP contribution >= 0.6 is 11.8 Å². The van der Waals surface area contributed by atoms with Crippen molar-refractivity contribution in [1.82, 2.24) is 0 Å². The zero-order chi connectivity index (χ0) is 15.5. The van der Waals surface area contributed by atoms with E-state index in [4.69, 9.17) is 0 Å². The Morgan fingerprint density at radius 2 is 2.10 bits per heavy atom. The highest BCUT2D eigenvalue weighted by Crippen LogP contribution is 2.27. The van der Waals surface area contributed by atoms with Crippen molar-refractivity contribution in [3.05, 3.63) is 45.8 Å². The largest absolute Gasteiger partial charge is 0.0863 e. The summed E-state index contributed by atoms with van der Waals surface area (Å²) in [6.45, 7) is 16.6. The number of thioether (sulfide) groups is 1. The third-order valence-electron chi connectivity index (χ3n) is 2.98. The third-order valence-corrected chi connectivity index (χ3v) is 4.11. The average molecular weight is 288 g/mol. The molecular formula is C19H28S. The Bertz CT molecular complexity index is 464. The van der Waals surface area contributed by atoms with Crippen molar-refractivity contribution in [2.24, 2.45) is 5.92 Å². The lowest BCUT2D eigenvalue weighted by Gasteiger charge is -2.15. The standard InChI is InChI=1S/C17H22S.C2H6/c1-6-17(7-2)18-15(5)9-11-16-10-8-13(3)12-14(16)4;1-2/h6,8,10,14H,5,7,12H2,1-4H3;1-2H3/b17-6-;. The molecule has 1 aliphatic rings. The van der Waals surface area contributed by atoms with E-state index in [2.05, 4.69) is 64.3 Å². The van der Waals surface area contributed by atoms with Crippen molar-refractivity contribution in [1.29, 1.82) is 0 Å². The van der Waals surface area contributed by atoms with E-state index in [1.54, 1.807) is 11.8 Å². The van der Waals surface area contributed by atoms with E-state index in [9.17, 15) is 0 Å². The molecule has 1 rings (SSSR count). The van der Waals surface area contributed by atoms with Crippen molar-refractivity contribution in [2.75, 3.05) is 0 Å². The number of rotatable bonds is 3.